The van der Waals surface area contributed by atoms with Crippen molar-refractivity contribution in [3.05, 3.63) is 23.1 Å². The van der Waals surface area contributed by atoms with Crippen molar-refractivity contribution in [2.24, 2.45) is 5.92 Å². The van der Waals surface area contributed by atoms with Crippen molar-refractivity contribution in [1.29, 1.82) is 0 Å². The molecule has 0 aliphatic carbocycles. The minimum absolute atomic E-state index is 0.587. The van der Waals surface area contributed by atoms with Crippen LogP contribution in [0.2, 0.25) is 0 Å². The van der Waals surface area contributed by atoms with Gasteiger partial charge in [-0.15, -0.1) is 11.3 Å². The summed E-state index contributed by atoms with van der Waals surface area (Å²) in [5.41, 5.74) is 8.08. The molecule has 0 atom stereocenters. The zero-order valence-corrected chi connectivity index (χ0v) is 9.77. The molecule has 15 heavy (non-hydrogen) atoms. The molecule has 0 amide bonds. The molecule has 0 spiro atoms. The summed E-state index contributed by atoms with van der Waals surface area (Å²) in [6.07, 6.45) is 0.968. The summed E-state index contributed by atoms with van der Waals surface area (Å²) in [4.78, 5) is 1.20. The van der Waals surface area contributed by atoms with Crippen LogP contribution in [0.3, 0.4) is 0 Å². The third kappa shape index (κ3) is 2.04. The van der Waals surface area contributed by atoms with Gasteiger partial charge in [-0.2, -0.15) is 5.10 Å². The summed E-state index contributed by atoms with van der Waals surface area (Å²) in [5.74, 6) is 1.22. The number of hydrogen-bond donors (Lipinski definition) is 2. The minimum atomic E-state index is 0.587. The Morgan fingerprint density at radius 1 is 1.53 bits per heavy atom. The fourth-order valence-electron chi connectivity index (χ4n) is 1.62. The van der Waals surface area contributed by atoms with Crippen LogP contribution in [-0.4, -0.2) is 10.2 Å². The fourth-order valence-corrected chi connectivity index (χ4v) is 2.37. The Kier molecular flexibility index (Phi) is 2.77. The van der Waals surface area contributed by atoms with Crippen LogP contribution < -0.4 is 5.73 Å². The number of nitrogen functional groups attached to an aromatic ring is 1. The first-order valence-electron chi connectivity index (χ1n) is 5.05. The van der Waals surface area contributed by atoms with Crippen LogP contribution in [0.4, 0.5) is 5.82 Å². The summed E-state index contributed by atoms with van der Waals surface area (Å²) in [6.45, 7) is 4.37. The number of rotatable bonds is 3. The smallest absolute Gasteiger partial charge is 0.149 e. The third-order valence-electron chi connectivity index (χ3n) is 2.28. The Labute approximate surface area is 93.3 Å². The molecule has 2 aromatic rings. The van der Waals surface area contributed by atoms with Crippen molar-refractivity contribution in [3.8, 4) is 10.6 Å². The Balaban J connectivity index is 2.40. The van der Waals surface area contributed by atoms with E-state index in [9.17, 15) is 0 Å². The van der Waals surface area contributed by atoms with Gasteiger partial charge >= 0.3 is 0 Å². The van der Waals surface area contributed by atoms with Gasteiger partial charge in [0, 0.05) is 5.56 Å². The highest BCUT2D eigenvalue weighted by atomic mass is 32.1. The SMILES string of the molecule is CC(C)Cc1c(N)n[nH]c1-c1cccs1. The number of H-pyrrole nitrogens is 1. The van der Waals surface area contributed by atoms with E-state index in [-0.39, 0.29) is 0 Å². The first-order chi connectivity index (χ1) is 7.18. The lowest BCUT2D eigenvalue weighted by atomic mass is 10.0. The van der Waals surface area contributed by atoms with Crippen molar-refractivity contribution in [2.75, 3.05) is 5.73 Å². The molecule has 80 valence electrons. The van der Waals surface area contributed by atoms with Gasteiger partial charge in [0.25, 0.3) is 0 Å². The number of anilines is 1. The molecule has 0 saturated heterocycles. The minimum Gasteiger partial charge on any atom is -0.382 e. The number of nitrogens with zero attached hydrogens (tertiary/aromatic N) is 1. The number of thiophene rings is 1. The van der Waals surface area contributed by atoms with E-state index in [4.69, 9.17) is 5.73 Å². The zero-order chi connectivity index (χ0) is 10.8. The van der Waals surface area contributed by atoms with Gasteiger partial charge in [-0.3, -0.25) is 5.10 Å². The molecule has 0 aromatic carbocycles. The summed E-state index contributed by atoms with van der Waals surface area (Å²) in [7, 11) is 0. The highest BCUT2D eigenvalue weighted by Gasteiger charge is 2.14. The highest BCUT2D eigenvalue weighted by molar-refractivity contribution is 7.13. The van der Waals surface area contributed by atoms with Crippen LogP contribution in [0.25, 0.3) is 10.6 Å². The second-order valence-corrected chi connectivity index (χ2v) is 4.99. The standard InChI is InChI=1S/C11H15N3S/c1-7(2)6-8-10(13-14-11(8)12)9-4-3-5-15-9/h3-5,7H,6H2,1-2H3,(H3,12,13,14). The molecule has 3 nitrogen and oxygen atoms in total. The summed E-state index contributed by atoms with van der Waals surface area (Å²) < 4.78 is 0. The maximum absolute atomic E-state index is 5.86. The van der Waals surface area contributed by atoms with E-state index in [0.717, 1.165) is 17.7 Å². The molecule has 3 N–H and O–H groups in total. The topological polar surface area (TPSA) is 54.7 Å². The fraction of sp³-hybridized carbons (Fsp3) is 0.364. The molecule has 0 fully saturated rings. The first-order valence-corrected chi connectivity index (χ1v) is 5.93. The van der Waals surface area contributed by atoms with E-state index >= 15 is 0 Å². The van der Waals surface area contributed by atoms with E-state index in [2.05, 4.69) is 35.5 Å². The lowest BCUT2D eigenvalue weighted by Crippen LogP contribution is -1.98. The average molecular weight is 221 g/mol. The molecule has 0 aliphatic heterocycles. The Hall–Kier alpha value is -1.29. The number of nitrogens with two attached hydrogens (primary N) is 1. The van der Waals surface area contributed by atoms with E-state index in [1.165, 1.54) is 4.88 Å². The van der Waals surface area contributed by atoms with Crippen molar-refractivity contribution in [1.82, 2.24) is 10.2 Å². The largest absolute Gasteiger partial charge is 0.382 e. The average Bonchev–Trinajstić information content (AvgIpc) is 2.76. The number of nitrogens with one attached hydrogen (secondary N) is 1. The molecule has 0 aliphatic rings. The quantitative estimate of drug-likeness (QED) is 0.837. The van der Waals surface area contributed by atoms with Crippen LogP contribution in [-0.2, 0) is 6.42 Å². The predicted molar refractivity (Wildman–Crippen MR) is 64.9 cm³/mol. The van der Waals surface area contributed by atoms with Crippen LogP contribution in [0.15, 0.2) is 17.5 Å². The lowest BCUT2D eigenvalue weighted by Gasteiger charge is -2.05. The molecular weight excluding hydrogens is 206 g/mol. The van der Waals surface area contributed by atoms with Gasteiger partial charge in [-0.05, 0) is 23.8 Å². The normalized spacial score (nSPS) is 11.1. The Morgan fingerprint density at radius 3 is 2.93 bits per heavy atom. The molecule has 0 saturated carbocycles. The third-order valence-corrected chi connectivity index (χ3v) is 3.17. The molecule has 0 bridgehead atoms. The van der Waals surface area contributed by atoms with E-state index in [1.54, 1.807) is 11.3 Å². The number of hydrogen-bond acceptors (Lipinski definition) is 3. The monoisotopic (exact) mass is 221 g/mol. The summed E-state index contributed by atoms with van der Waals surface area (Å²) in [5, 5.41) is 9.16. The van der Waals surface area contributed by atoms with Crippen LogP contribution >= 0.6 is 11.3 Å². The number of aromatic amines is 1. The van der Waals surface area contributed by atoms with E-state index in [1.807, 2.05) is 6.07 Å². The molecule has 0 unspecified atom stereocenters. The first kappa shape index (κ1) is 10.2. The van der Waals surface area contributed by atoms with Crippen molar-refractivity contribution in [2.45, 2.75) is 20.3 Å². The van der Waals surface area contributed by atoms with Crippen molar-refractivity contribution >= 4 is 17.2 Å². The second kappa shape index (κ2) is 4.06. The Bertz CT molecular complexity index is 429. The molecule has 2 rings (SSSR count). The molecule has 2 aromatic heterocycles. The summed E-state index contributed by atoms with van der Waals surface area (Å²) >= 11 is 1.70. The van der Waals surface area contributed by atoms with Gasteiger partial charge in [-0.25, -0.2) is 0 Å². The van der Waals surface area contributed by atoms with Crippen LogP contribution in [0.1, 0.15) is 19.4 Å². The predicted octanol–water partition coefficient (Wildman–Crippen LogP) is 2.92. The molecule has 4 heteroatoms. The van der Waals surface area contributed by atoms with E-state index < -0.39 is 0 Å². The van der Waals surface area contributed by atoms with Gasteiger partial charge in [0.05, 0.1) is 10.6 Å². The summed E-state index contributed by atoms with van der Waals surface area (Å²) in [6, 6.07) is 4.12. The van der Waals surface area contributed by atoms with Gasteiger partial charge in [0.15, 0.2) is 0 Å². The van der Waals surface area contributed by atoms with Gasteiger partial charge in [0.2, 0.25) is 0 Å². The lowest BCUT2D eigenvalue weighted by molar-refractivity contribution is 0.649. The number of aromatic nitrogens is 2. The molecule has 2 heterocycles. The highest BCUT2D eigenvalue weighted by Crippen LogP contribution is 2.30. The Morgan fingerprint density at radius 2 is 2.33 bits per heavy atom. The maximum Gasteiger partial charge on any atom is 0.149 e. The van der Waals surface area contributed by atoms with Crippen LogP contribution in [0.5, 0.6) is 0 Å². The maximum atomic E-state index is 5.86. The van der Waals surface area contributed by atoms with Gasteiger partial charge in [-0.1, -0.05) is 19.9 Å². The molecular formula is C11H15N3S. The second-order valence-electron chi connectivity index (χ2n) is 4.04. The zero-order valence-electron chi connectivity index (χ0n) is 8.95. The van der Waals surface area contributed by atoms with E-state index in [0.29, 0.717) is 11.7 Å². The van der Waals surface area contributed by atoms with Gasteiger partial charge < -0.3 is 5.73 Å². The molecule has 0 radical (unpaired) electrons. The van der Waals surface area contributed by atoms with Crippen molar-refractivity contribution in [3.63, 3.8) is 0 Å². The van der Waals surface area contributed by atoms with Gasteiger partial charge in [0.1, 0.15) is 5.82 Å². The van der Waals surface area contributed by atoms with Crippen LogP contribution in [0, 0.1) is 5.92 Å². The van der Waals surface area contributed by atoms with Crippen molar-refractivity contribution < 1.29 is 0 Å².